The molecule has 10 atom stereocenters. The van der Waals surface area contributed by atoms with E-state index in [1.54, 1.807) is 52.0 Å². The number of amides is 4. The summed E-state index contributed by atoms with van der Waals surface area (Å²) >= 11 is 0. The number of hydrogen-bond acceptors (Lipinski definition) is 10. The van der Waals surface area contributed by atoms with Crippen LogP contribution in [-0.4, -0.2) is 140 Å². The summed E-state index contributed by atoms with van der Waals surface area (Å²) in [7, 11) is 6.55. The first-order valence-electron chi connectivity index (χ1n) is 21.4. The van der Waals surface area contributed by atoms with E-state index in [1.807, 2.05) is 71.9 Å². The van der Waals surface area contributed by atoms with Crippen molar-refractivity contribution < 1.29 is 61.3 Å². The highest BCUT2D eigenvalue weighted by Gasteiger charge is 2.63. The number of likely N-dealkylation sites (tertiary alicyclic amines) is 1. The summed E-state index contributed by atoms with van der Waals surface area (Å²) < 4.78 is 49.2. The highest BCUT2D eigenvalue weighted by atomic mass is 19.4. The van der Waals surface area contributed by atoms with Gasteiger partial charge in [-0.3, -0.25) is 19.2 Å². The fraction of sp³-hybridized carbons (Fsp3) is 0.727. The summed E-state index contributed by atoms with van der Waals surface area (Å²) in [5.74, 6) is -5.29. The lowest BCUT2D eigenvalue weighted by Crippen LogP contribution is -2.59. The first-order chi connectivity index (χ1) is 29.0. The quantitative estimate of drug-likeness (QED) is 0.127. The van der Waals surface area contributed by atoms with E-state index in [9.17, 15) is 37.1 Å². The molecule has 0 bridgehead atoms. The Morgan fingerprint density at radius 2 is 1.52 bits per heavy atom. The third kappa shape index (κ3) is 13.6. The Labute approximate surface area is 364 Å². The summed E-state index contributed by atoms with van der Waals surface area (Å²) in [5, 5.41) is 16.2. The maximum atomic E-state index is 14.3. The number of likely N-dealkylation sites (N-methyl/N-ethyl adjacent to an activating group) is 2. The van der Waals surface area contributed by atoms with Gasteiger partial charge in [-0.2, -0.15) is 13.2 Å². The number of halogens is 3. The first kappa shape index (κ1) is 53.8. The normalized spacial score (nSPS) is 21.9. The third-order valence-electron chi connectivity index (χ3n) is 12.1. The molecule has 2 aliphatic rings. The predicted molar refractivity (Wildman–Crippen MR) is 226 cm³/mol. The number of carboxylic acids is 1. The van der Waals surface area contributed by atoms with Crippen molar-refractivity contribution in [3.63, 3.8) is 0 Å². The van der Waals surface area contributed by atoms with Crippen LogP contribution in [0.25, 0.3) is 0 Å². The summed E-state index contributed by atoms with van der Waals surface area (Å²) in [5.41, 5.74) is -0.208. The van der Waals surface area contributed by atoms with Gasteiger partial charge in [-0.15, -0.1) is 0 Å². The van der Waals surface area contributed by atoms with Gasteiger partial charge in [-0.1, -0.05) is 85.2 Å². The predicted octanol–water partition coefficient (Wildman–Crippen LogP) is 4.53. The molecule has 1 aliphatic heterocycles. The maximum Gasteiger partial charge on any atom is 0.490 e. The lowest BCUT2D eigenvalue weighted by molar-refractivity contribution is -0.192. The smallest absolute Gasteiger partial charge is 0.475 e. The lowest BCUT2D eigenvalue weighted by Gasteiger charge is -2.41. The average molecular weight is 886 g/mol. The van der Waals surface area contributed by atoms with E-state index in [-0.39, 0.29) is 66.4 Å². The van der Waals surface area contributed by atoms with Gasteiger partial charge in [0.05, 0.1) is 49.3 Å². The number of benzene rings is 1. The van der Waals surface area contributed by atoms with E-state index < -0.39 is 59.9 Å². The molecule has 0 spiro atoms. The van der Waals surface area contributed by atoms with Gasteiger partial charge in [0, 0.05) is 33.7 Å². The summed E-state index contributed by atoms with van der Waals surface area (Å²) in [6.07, 6.45) is -3.82. The zero-order chi connectivity index (χ0) is 47.3. The zero-order valence-electron chi connectivity index (χ0n) is 38.3. The minimum absolute atomic E-state index is 0.00917. The monoisotopic (exact) mass is 886 g/mol. The van der Waals surface area contributed by atoms with Crippen molar-refractivity contribution >= 4 is 35.6 Å². The number of esters is 1. The number of rotatable bonds is 21. The second-order valence-corrected chi connectivity index (χ2v) is 17.0. The van der Waals surface area contributed by atoms with E-state index in [1.165, 1.54) is 0 Å². The van der Waals surface area contributed by atoms with Crippen molar-refractivity contribution in [3.8, 4) is 0 Å². The molecule has 1 saturated heterocycles. The van der Waals surface area contributed by atoms with Gasteiger partial charge in [-0.25, -0.2) is 9.59 Å². The molecule has 62 heavy (non-hydrogen) atoms. The van der Waals surface area contributed by atoms with Crippen LogP contribution in [0.5, 0.6) is 0 Å². The van der Waals surface area contributed by atoms with Gasteiger partial charge >= 0.3 is 18.1 Å². The van der Waals surface area contributed by atoms with Crippen molar-refractivity contribution in [2.75, 3.05) is 41.5 Å². The molecule has 1 aromatic carbocycles. The van der Waals surface area contributed by atoms with Gasteiger partial charge in [-0.05, 0) is 56.6 Å². The number of nitrogens with zero attached hydrogens (tertiary/aromatic N) is 2. The van der Waals surface area contributed by atoms with Crippen LogP contribution in [0.15, 0.2) is 30.3 Å². The fourth-order valence-electron chi connectivity index (χ4n) is 8.41. The first-order valence-corrected chi connectivity index (χ1v) is 21.4. The minimum Gasteiger partial charge on any atom is -0.475 e. The molecule has 1 aliphatic carbocycles. The maximum absolute atomic E-state index is 14.3. The van der Waals surface area contributed by atoms with Crippen LogP contribution in [-0.2, 0) is 43.0 Å². The van der Waals surface area contributed by atoms with E-state index in [2.05, 4.69) is 16.0 Å². The number of aliphatic carboxylic acids is 1. The fourth-order valence-corrected chi connectivity index (χ4v) is 8.41. The largest absolute Gasteiger partial charge is 0.490 e. The molecule has 0 aromatic heterocycles. The number of methoxy groups -OCH3 is 2. The third-order valence-corrected chi connectivity index (χ3v) is 12.1. The zero-order valence-corrected chi connectivity index (χ0v) is 38.3. The molecule has 2 fully saturated rings. The Morgan fingerprint density at radius 1 is 0.935 bits per heavy atom. The molecule has 352 valence electrons. The SMILES string of the molecule is CCOC(=O)[C@]1(NC(=O)[C@H](C)[C@@H](OC)[C@@H]2CCCN2C(=O)C[C@@H](OC)[C@H]([C@@H](C)CC)N(C)C(=O)[C@@H](NC(=O)[C@@H](NC)C(C)C)C(C)C)C[C@@H]1c1ccccc1.O=C(O)C(F)(F)F. The molecule has 1 aromatic rings. The lowest BCUT2D eigenvalue weighted by atomic mass is 9.89. The molecule has 0 unspecified atom stereocenters. The molecule has 4 N–H and O–H groups in total. The summed E-state index contributed by atoms with van der Waals surface area (Å²) in [6, 6.07) is 7.54. The molecule has 0 radical (unpaired) electrons. The van der Waals surface area contributed by atoms with E-state index in [4.69, 9.17) is 24.1 Å². The Morgan fingerprint density at radius 3 is 1.98 bits per heavy atom. The van der Waals surface area contributed by atoms with Crippen LogP contribution in [0.1, 0.15) is 99.0 Å². The molecule has 4 amide bonds. The summed E-state index contributed by atoms with van der Waals surface area (Å²) in [4.78, 5) is 81.2. The van der Waals surface area contributed by atoms with Crippen LogP contribution in [0, 0.1) is 23.7 Å². The van der Waals surface area contributed by atoms with Crippen LogP contribution >= 0.6 is 0 Å². The molecule has 18 heteroatoms. The number of nitrogens with one attached hydrogen (secondary N) is 3. The molecule has 1 heterocycles. The average Bonchev–Trinajstić information content (AvgIpc) is 3.75. The van der Waals surface area contributed by atoms with Crippen molar-refractivity contribution in [2.45, 2.75) is 142 Å². The number of carbonyl (C=O) groups excluding carboxylic acids is 5. The van der Waals surface area contributed by atoms with Crippen LogP contribution in [0.3, 0.4) is 0 Å². The molecule has 3 rings (SSSR count). The highest BCUT2D eigenvalue weighted by molar-refractivity contribution is 5.94. The second kappa shape index (κ2) is 24.0. The second-order valence-electron chi connectivity index (χ2n) is 17.0. The highest BCUT2D eigenvalue weighted by Crippen LogP contribution is 2.52. The topological polar surface area (TPSA) is 193 Å². The standard InChI is InChI=1S/C42H69N5O8.C2HF3O2/c1-13-27(7)36(46(10)40(51)35(26(5)6)44-39(50)34(43-9)25(3)4)32(53-11)23-33(48)47-22-18-21-31(47)37(54-12)28(8)38(49)45-42(41(52)55-14-2)24-30(42)29-19-16-15-17-20-29;3-2(4,5)1(6)7/h15-17,19-20,25-28,30-32,34-37,43H,13-14,18,21-24H2,1-12H3,(H,44,50)(H,45,49);(H,6,7)/t27-,28+,30+,31-,32+,34-,35-,36-,37+,42-;/m0./s1. The minimum atomic E-state index is -5.08. The van der Waals surface area contributed by atoms with Gasteiger partial charge in [0.1, 0.15) is 11.6 Å². The molecule has 15 nitrogen and oxygen atoms in total. The van der Waals surface area contributed by atoms with Gasteiger partial charge in [0.25, 0.3) is 0 Å². The van der Waals surface area contributed by atoms with Gasteiger partial charge in [0.15, 0.2) is 0 Å². The Balaban J connectivity index is 0.00000173. The van der Waals surface area contributed by atoms with Gasteiger partial charge in [0.2, 0.25) is 23.6 Å². The number of hydrogen-bond donors (Lipinski definition) is 4. The Bertz CT molecular complexity index is 1650. The Kier molecular flexibility index (Phi) is 20.8. The van der Waals surface area contributed by atoms with E-state index in [0.29, 0.717) is 19.4 Å². The van der Waals surface area contributed by atoms with Crippen molar-refractivity contribution in [1.29, 1.82) is 0 Å². The van der Waals surface area contributed by atoms with Crippen LogP contribution in [0.2, 0.25) is 0 Å². The summed E-state index contributed by atoms with van der Waals surface area (Å²) in [6.45, 7) is 16.0. The van der Waals surface area contributed by atoms with Crippen LogP contribution in [0.4, 0.5) is 13.2 Å². The molecule has 1 saturated carbocycles. The van der Waals surface area contributed by atoms with Crippen molar-refractivity contribution in [3.05, 3.63) is 35.9 Å². The van der Waals surface area contributed by atoms with Crippen LogP contribution < -0.4 is 16.0 Å². The van der Waals surface area contributed by atoms with E-state index >= 15 is 0 Å². The Hall–Kier alpha value is -4.29. The number of ether oxygens (including phenoxy) is 3. The molecular formula is C44H70F3N5O10. The molecular weight excluding hydrogens is 816 g/mol. The number of carboxylic acid groups (broad SMARTS) is 1. The van der Waals surface area contributed by atoms with Gasteiger partial charge < -0.3 is 45.1 Å². The van der Waals surface area contributed by atoms with E-state index in [0.717, 1.165) is 18.4 Å². The van der Waals surface area contributed by atoms with Crippen molar-refractivity contribution in [1.82, 2.24) is 25.8 Å². The number of alkyl halides is 3. The number of carbonyl (C=O) groups is 6. The van der Waals surface area contributed by atoms with Crippen molar-refractivity contribution in [2.24, 2.45) is 23.7 Å².